The number of hydrogen-bond donors (Lipinski definition) is 0. The van der Waals surface area contributed by atoms with Crippen molar-refractivity contribution in [2.45, 2.75) is 38.1 Å². The first-order valence-electron chi connectivity index (χ1n) is 5.89. The molecule has 5 heteroatoms. The van der Waals surface area contributed by atoms with Gasteiger partial charge < -0.3 is 4.74 Å². The molecular formula is C11H18ClN3O. The van der Waals surface area contributed by atoms with Crippen LogP contribution in [0.4, 0.5) is 0 Å². The molecule has 4 nitrogen and oxygen atoms in total. The minimum absolute atomic E-state index is 0.209. The average molecular weight is 244 g/mol. The van der Waals surface area contributed by atoms with Crippen LogP contribution in [0.3, 0.4) is 0 Å². The second-order valence-corrected chi connectivity index (χ2v) is 4.80. The number of aryl methyl sites for hydroxylation is 1. The van der Waals surface area contributed by atoms with Crippen molar-refractivity contribution in [3.8, 4) is 0 Å². The zero-order chi connectivity index (χ0) is 11.4. The summed E-state index contributed by atoms with van der Waals surface area (Å²) in [6.07, 6.45) is 4.50. The fourth-order valence-corrected chi connectivity index (χ4v) is 2.29. The topological polar surface area (TPSA) is 39.9 Å². The van der Waals surface area contributed by atoms with Gasteiger partial charge in [0.05, 0.1) is 6.61 Å². The van der Waals surface area contributed by atoms with Gasteiger partial charge in [0.1, 0.15) is 12.2 Å². The van der Waals surface area contributed by atoms with E-state index in [2.05, 4.69) is 17.0 Å². The van der Waals surface area contributed by atoms with E-state index < -0.39 is 0 Å². The van der Waals surface area contributed by atoms with Crippen LogP contribution in [0.25, 0.3) is 0 Å². The van der Waals surface area contributed by atoms with E-state index in [0.29, 0.717) is 5.92 Å². The van der Waals surface area contributed by atoms with E-state index in [0.717, 1.165) is 44.8 Å². The van der Waals surface area contributed by atoms with E-state index in [-0.39, 0.29) is 5.38 Å². The molecule has 2 atom stereocenters. The molecule has 0 aliphatic carbocycles. The number of alkyl halides is 1. The number of nitrogens with zero attached hydrogens (tertiary/aromatic N) is 3. The smallest absolute Gasteiger partial charge is 0.138 e. The summed E-state index contributed by atoms with van der Waals surface area (Å²) in [4.78, 5) is 4.30. The molecule has 1 saturated heterocycles. The minimum atomic E-state index is 0.209. The van der Waals surface area contributed by atoms with Gasteiger partial charge in [-0.1, -0.05) is 6.92 Å². The Hall–Kier alpha value is -0.610. The van der Waals surface area contributed by atoms with Gasteiger partial charge in [-0.05, 0) is 12.8 Å². The molecule has 1 aromatic rings. The second kappa shape index (κ2) is 5.64. The molecule has 0 radical (unpaired) electrons. The molecule has 90 valence electrons. The van der Waals surface area contributed by atoms with Crippen LogP contribution in [0.2, 0.25) is 0 Å². The highest BCUT2D eigenvalue weighted by molar-refractivity contribution is 6.20. The van der Waals surface area contributed by atoms with Crippen molar-refractivity contribution < 1.29 is 4.74 Å². The van der Waals surface area contributed by atoms with Crippen LogP contribution in [0.15, 0.2) is 6.33 Å². The van der Waals surface area contributed by atoms with E-state index in [4.69, 9.17) is 16.3 Å². The van der Waals surface area contributed by atoms with E-state index >= 15 is 0 Å². The summed E-state index contributed by atoms with van der Waals surface area (Å²) in [6.45, 7) is 4.59. The quantitative estimate of drug-likeness (QED) is 0.758. The lowest BCUT2D eigenvalue weighted by Crippen LogP contribution is -2.30. The maximum absolute atomic E-state index is 6.29. The maximum atomic E-state index is 6.29. The number of aromatic nitrogens is 3. The molecular weight excluding hydrogens is 226 g/mol. The Morgan fingerprint density at radius 3 is 3.25 bits per heavy atom. The lowest BCUT2D eigenvalue weighted by Gasteiger charge is -2.26. The number of halogens is 1. The lowest BCUT2D eigenvalue weighted by atomic mass is 9.97. The van der Waals surface area contributed by atoms with Crippen molar-refractivity contribution in [3.05, 3.63) is 12.2 Å². The van der Waals surface area contributed by atoms with Crippen LogP contribution in [0, 0.1) is 5.92 Å². The second-order valence-electron chi connectivity index (χ2n) is 4.24. The van der Waals surface area contributed by atoms with Crippen molar-refractivity contribution in [3.63, 3.8) is 0 Å². The Balaban J connectivity index is 1.99. The van der Waals surface area contributed by atoms with Crippen LogP contribution >= 0.6 is 11.6 Å². The predicted octanol–water partition coefficient (Wildman–Crippen LogP) is 1.87. The monoisotopic (exact) mass is 243 g/mol. The van der Waals surface area contributed by atoms with E-state index in [1.807, 2.05) is 4.68 Å². The zero-order valence-electron chi connectivity index (χ0n) is 9.60. The highest BCUT2D eigenvalue weighted by Gasteiger charge is 2.25. The van der Waals surface area contributed by atoms with Crippen molar-refractivity contribution in [2.24, 2.45) is 5.92 Å². The molecule has 0 N–H and O–H groups in total. The lowest BCUT2D eigenvalue weighted by molar-refractivity contribution is 0.0566. The summed E-state index contributed by atoms with van der Waals surface area (Å²) in [5.74, 6) is 1.40. The molecule has 0 aromatic carbocycles. The van der Waals surface area contributed by atoms with Crippen molar-refractivity contribution in [1.82, 2.24) is 14.8 Å². The first-order chi connectivity index (χ1) is 7.81. The molecule has 2 rings (SSSR count). The van der Waals surface area contributed by atoms with Crippen molar-refractivity contribution in [1.29, 1.82) is 0 Å². The SMILES string of the molecule is CCCn1ncnc1CC1COCCC1Cl. The first kappa shape index (κ1) is 11.9. The van der Waals surface area contributed by atoms with Gasteiger partial charge in [0.15, 0.2) is 0 Å². The number of hydrogen-bond acceptors (Lipinski definition) is 3. The highest BCUT2D eigenvalue weighted by atomic mass is 35.5. The standard InChI is InChI=1S/C11H18ClN3O/c1-2-4-15-11(13-8-14-15)6-9-7-16-5-3-10(9)12/h8-10H,2-7H2,1H3. The summed E-state index contributed by atoms with van der Waals surface area (Å²) in [5, 5.41) is 4.43. The fourth-order valence-electron chi connectivity index (χ4n) is 2.04. The van der Waals surface area contributed by atoms with Gasteiger partial charge in [0.25, 0.3) is 0 Å². The third-order valence-corrected chi connectivity index (χ3v) is 3.53. The third-order valence-electron chi connectivity index (χ3n) is 2.96. The van der Waals surface area contributed by atoms with E-state index in [9.17, 15) is 0 Å². The molecule has 1 aliphatic rings. The first-order valence-corrected chi connectivity index (χ1v) is 6.33. The number of rotatable bonds is 4. The van der Waals surface area contributed by atoms with Gasteiger partial charge in [-0.15, -0.1) is 11.6 Å². The van der Waals surface area contributed by atoms with Crippen molar-refractivity contribution >= 4 is 11.6 Å². The van der Waals surface area contributed by atoms with E-state index in [1.165, 1.54) is 0 Å². The molecule has 0 saturated carbocycles. The largest absolute Gasteiger partial charge is 0.381 e. The number of ether oxygens (including phenoxy) is 1. The molecule has 1 fully saturated rings. The molecule has 0 spiro atoms. The summed E-state index contributed by atoms with van der Waals surface area (Å²) in [6, 6.07) is 0. The van der Waals surface area contributed by atoms with Crippen LogP contribution in [-0.4, -0.2) is 33.4 Å². The zero-order valence-corrected chi connectivity index (χ0v) is 10.4. The maximum Gasteiger partial charge on any atom is 0.138 e. The Labute approximate surface area is 101 Å². The normalized spacial score (nSPS) is 25.9. The van der Waals surface area contributed by atoms with Crippen LogP contribution < -0.4 is 0 Å². The predicted molar refractivity (Wildman–Crippen MR) is 62.6 cm³/mol. The van der Waals surface area contributed by atoms with Gasteiger partial charge in [-0.2, -0.15) is 5.10 Å². The van der Waals surface area contributed by atoms with Gasteiger partial charge >= 0.3 is 0 Å². The van der Waals surface area contributed by atoms with Crippen LogP contribution in [-0.2, 0) is 17.7 Å². The Bertz CT molecular complexity index is 329. The third kappa shape index (κ3) is 2.74. The molecule has 1 aromatic heterocycles. The van der Waals surface area contributed by atoms with E-state index in [1.54, 1.807) is 6.33 Å². The Kier molecular flexibility index (Phi) is 4.18. The molecule has 2 heterocycles. The molecule has 0 amide bonds. The van der Waals surface area contributed by atoms with Gasteiger partial charge in [-0.3, -0.25) is 4.68 Å². The average Bonchev–Trinajstić information content (AvgIpc) is 2.70. The Morgan fingerprint density at radius 2 is 2.50 bits per heavy atom. The van der Waals surface area contributed by atoms with Gasteiger partial charge in [0, 0.05) is 30.9 Å². The molecule has 16 heavy (non-hydrogen) atoms. The van der Waals surface area contributed by atoms with Gasteiger partial charge in [0.2, 0.25) is 0 Å². The van der Waals surface area contributed by atoms with Crippen molar-refractivity contribution in [2.75, 3.05) is 13.2 Å². The summed E-state index contributed by atoms with van der Waals surface area (Å²) in [5.41, 5.74) is 0. The molecule has 2 unspecified atom stereocenters. The van der Waals surface area contributed by atoms with Crippen LogP contribution in [0.1, 0.15) is 25.6 Å². The highest BCUT2D eigenvalue weighted by Crippen LogP contribution is 2.23. The molecule has 1 aliphatic heterocycles. The Morgan fingerprint density at radius 1 is 1.62 bits per heavy atom. The summed E-state index contributed by atoms with van der Waals surface area (Å²) >= 11 is 6.29. The fraction of sp³-hybridized carbons (Fsp3) is 0.818. The van der Waals surface area contributed by atoms with Crippen LogP contribution in [0.5, 0.6) is 0 Å². The van der Waals surface area contributed by atoms with Gasteiger partial charge in [-0.25, -0.2) is 4.98 Å². The minimum Gasteiger partial charge on any atom is -0.381 e. The summed E-state index contributed by atoms with van der Waals surface area (Å²) in [7, 11) is 0. The summed E-state index contributed by atoms with van der Waals surface area (Å²) < 4.78 is 7.43. The molecule has 0 bridgehead atoms.